The van der Waals surface area contributed by atoms with Gasteiger partial charge in [-0.15, -0.1) is 0 Å². The maximum atomic E-state index is 11.7. The quantitative estimate of drug-likeness (QED) is 0.756. The first kappa shape index (κ1) is 15.1. The van der Waals surface area contributed by atoms with Gasteiger partial charge in [-0.25, -0.2) is 9.78 Å². The number of carbonyl (C=O) groups is 2. The van der Waals surface area contributed by atoms with Crippen LogP contribution in [-0.4, -0.2) is 41.2 Å². The van der Waals surface area contributed by atoms with Crippen LogP contribution in [0.15, 0.2) is 12.1 Å². The zero-order chi connectivity index (χ0) is 14.4. The molecule has 6 heteroatoms. The molecule has 6 nitrogen and oxygen atoms in total. The molecule has 0 aromatic carbocycles. The summed E-state index contributed by atoms with van der Waals surface area (Å²) in [6.45, 7) is 6.20. The summed E-state index contributed by atoms with van der Waals surface area (Å²) in [5, 5.41) is 11.5. The summed E-state index contributed by atoms with van der Waals surface area (Å²) in [5.41, 5.74) is 0.616. The second kappa shape index (κ2) is 6.84. The predicted octanol–water partition coefficient (Wildman–Crippen LogP) is 1.24. The van der Waals surface area contributed by atoms with E-state index >= 15 is 0 Å². The molecule has 1 heterocycles. The van der Waals surface area contributed by atoms with Crippen molar-refractivity contribution in [1.82, 2.24) is 10.3 Å². The summed E-state index contributed by atoms with van der Waals surface area (Å²) in [6, 6.07) is 2.78. The van der Waals surface area contributed by atoms with Crippen molar-refractivity contribution in [2.45, 2.75) is 26.9 Å². The molecule has 0 aliphatic heterocycles. The van der Waals surface area contributed by atoms with Crippen molar-refractivity contribution in [3.05, 3.63) is 29.1 Å². The number of ether oxygens (including phenoxy) is 1. The molecule has 104 valence electrons. The first-order valence-electron chi connectivity index (χ1n) is 6.02. The van der Waals surface area contributed by atoms with Crippen LogP contribution >= 0.6 is 0 Å². The van der Waals surface area contributed by atoms with Crippen molar-refractivity contribution in [2.24, 2.45) is 0 Å². The number of pyridine rings is 1. The summed E-state index contributed by atoms with van der Waals surface area (Å²) < 4.78 is 5.29. The number of rotatable bonds is 6. The van der Waals surface area contributed by atoms with Gasteiger partial charge in [-0.05, 0) is 32.9 Å². The molecule has 0 radical (unpaired) electrons. The van der Waals surface area contributed by atoms with E-state index in [-0.39, 0.29) is 23.3 Å². The van der Waals surface area contributed by atoms with E-state index in [1.807, 2.05) is 13.8 Å². The summed E-state index contributed by atoms with van der Waals surface area (Å²) >= 11 is 0. The highest BCUT2D eigenvalue weighted by molar-refractivity contribution is 5.94. The monoisotopic (exact) mass is 266 g/mol. The molecule has 0 spiro atoms. The Balaban J connectivity index is 2.58. The minimum atomic E-state index is -1.05. The van der Waals surface area contributed by atoms with E-state index in [4.69, 9.17) is 9.84 Å². The van der Waals surface area contributed by atoms with Crippen LogP contribution < -0.4 is 5.32 Å². The van der Waals surface area contributed by atoms with E-state index in [1.54, 1.807) is 6.92 Å². The lowest BCUT2D eigenvalue weighted by Crippen LogP contribution is -2.29. The van der Waals surface area contributed by atoms with Gasteiger partial charge in [0.1, 0.15) is 5.69 Å². The van der Waals surface area contributed by atoms with E-state index in [0.717, 1.165) is 0 Å². The molecular formula is C13H18N2O4. The number of amides is 1. The van der Waals surface area contributed by atoms with E-state index in [1.165, 1.54) is 12.1 Å². The van der Waals surface area contributed by atoms with Crippen molar-refractivity contribution in [2.75, 3.05) is 13.2 Å². The minimum absolute atomic E-state index is 0.0969. The Kier molecular flexibility index (Phi) is 5.44. The number of aryl methyl sites for hydroxylation is 1. The number of carboxylic acids is 1. The third kappa shape index (κ3) is 4.67. The molecule has 0 aliphatic carbocycles. The zero-order valence-electron chi connectivity index (χ0n) is 11.3. The maximum Gasteiger partial charge on any atom is 0.337 e. The number of carboxylic acid groups (broad SMARTS) is 1. The van der Waals surface area contributed by atoms with E-state index < -0.39 is 5.97 Å². The molecule has 0 aliphatic rings. The van der Waals surface area contributed by atoms with Crippen molar-refractivity contribution < 1.29 is 19.4 Å². The molecule has 0 bridgehead atoms. The summed E-state index contributed by atoms with van der Waals surface area (Å²) in [6.07, 6.45) is 0.118. The Hall–Kier alpha value is -1.95. The van der Waals surface area contributed by atoms with Crippen molar-refractivity contribution in [3.8, 4) is 0 Å². The minimum Gasteiger partial charge on any atom is -0.478 e. The summed E-state index contributed by atoms with van der Waals surface area (Å²) in [5.74, 6) is -1.39. The standard InChI is InChI=1S/C13H18N2O4/c1-8(2)19-7-6-14-12(16)11-5-4-10(13(17)18)9(3)15-11/h4-5,8H,6-7H2,1-3H3,(H,14,16)(H,17,18). The lowest BCUT2D eigenvalue weighted by molar-refractivity contribution is 0.0694. The second-order valence-corrected chi connectivity index (χ2v) is 4.31. The first-order chi connectivity index (χ1) is 8.91. The molecule has 1 aromatic rings. The van der Waals surface area contributed by atoms with Gasteiger partial charge in [0.2, 0.25) is 0 Å². The molecule has 0 fully saturated rings. The zero-order valence-corrected chi connectivity index (χ0v) is 11.3. The van der Waals surface area contributed by atoms with Crippen LogP contribution in [-0.2, 0) is 4.74 Å². The third-order valence-corrected chi connectivity index (χ3v) is 2.39. The molecule has 0 saturated heterocycles. The smallest absolute Gasteiger partial charge is 0.337 e. The van der Waals surface area contributed by atoms with Gasteiger partial charge in [0.05, 0.1) is 24.0 Å². The Bertz CT molecular complexity index is 472. The Morgan fingerprint density at radius 2 is 2.11 bits per heavy atom. The summed E-state index contributed by atoms with van der Waals surface area (Å²) in [4.78, 5) is 26.5. The Labute approximate surface area is 111 Å². The normalized spacial score (nSPS) is 10.5. The molecule has 1 amide bonds. The van der Waals surface area contributed by atoms with Crippen molar-refractivity contribution >= 4 is 11.9 Å². The van der Waals surface area contributed by atoms with E-state index in [9.17, 15) is 9.59 Å². The number of aromatic nitrogens is 1. The molecule has 0 saturated carbocycles. The molecule has 0 unspecified atom stereocenters. The van der Waals surface area contributed by atoms with Crippen LogP contribution in [0.5, 0.6) is 0 Å². The van der Waals surface area contributed by atoms with Crippen LogP contribution in [0.1, 0.15) is 40.4 Å². The average Bonchev–Trinajstić information content (AvgIpc) is 2.33. The number of aromatic carboxylic acids is 1. The lowest BCUT2D eigenvalue weighted by atomic mass is 10.2. The van der Waals surface area contributed by atoms with Crippen LogP contribution in [0.4, 0.5) is 0 Å². The van der Waals surface area contributed by atoms with Gasteiger partial charge < -0.3 is 15.2 Å². The first-order valence-corrected chi connectivity index (χ1v) is 6.02. The highest BCUT2D eigenvalue weighted by Crippen LogP contribution is 2.06. The lowest BCUT2D eigenvalue weighted by Gasteiger charge is -2.09. The van der Waals surface area contributed by atoms with Gasteiger partial charge in [0.15, 0.2) is 0 Å². The Morgan fingerprint density at radius 1 is 1.42 bits per heavy atom. The second-order valence-electron chi connectivity index (χ2n) is 4.31. The molecule has 19 heavy (non-hydrogen) atoms. The predicted molar refractivity (Wildman–Crippen MR) is 69.4 cm³/mol. The maximum absolute atomic E-state index is 11.7. The fraction of sp³-hybridized carbons (Fsp3) is 0.462. The molecule has 2 N–H and O–H groups in total. The van der Waals surface area contributed by atoms with Crippen LogP contribution in [0.3, 0.4) is 0 Å². The number of carbonyl (C=O) groups excluding carboxylic acids is 1. The number of hydrogen-bond donors (Lipinski definition) is 2. The van der Waals surface area contributed by atoms with Crippen LogP contribution in [0.2, 0.25) is 0 Å². The number of hydrogen-bond acceptors (Lipinski definition) is 4. The van der Waals surface area contributed by atoms with Gasteiger partial charge >= 0.3 is 5.97 Å². The third-order valence-electron chi connectivity index (χ3n) is 2.39. The molecule has 0 atom stereocenters. The van der Waals surface area contributed by atoms with Crippen molar-refractivity contribution in [1.29, 1.82) is 0 Å². The number of nitrogens with zero attached hydrogens (tertiary/aromatic N) is 1. The highest BCUT2D eigenvalue weighted by atomic mass is 16.5. The van der Waals surface area contributed by atoms with Crippen molar-refractivity contribution in [3.63, 3.8) is 0 Å². The van der Waals surface area contributed by atoms with Gasteiger partial charge in [0, 0.05) is 6.54 Å². The van der Waals surface area contributed by atoms with Crippen LogP contribution in [0.25, 0.3) is 0 Å². The Morgan fingerprint density at radius 3 is 2.63 bits per heavy atom. The van der Waals surface area contributed by atoms with Crippen LogP contribution in [0, 0.1) is 6.92 Å². The number of nitrogens with one attached hydrogen (secondary N) is 1. The fourth-order valence-corrected chi connectivity index (χ4v) is 1.46. The summed E-state index contributed by atoms with van der Waals surface area (Å²) in [7, 11) is 0. The SMILES string of the molecule is Cc1nc(C(=O)NCCOC(C)C)ccc1C(=O)O. The molecule has 1 rings (SSSR count). The fourth-order valence-electron chi connectivity index (χ4n) is 1.46. The van der Waals surface area contributed by atoms with E-state index in [2.05, 4.69) is 10.3 Å². The largest absolute Gasteiger partial charge is 0.478 e. The van der Waals surface area contributed by atoms with Gasteiger partial charge in [-0.2, -0.15) is 0 Å². The molecule has 1 aromatic heterocycles. The van der Waals surface area contributed by atoms with Gasteiger partial charge in [-0.3, -0.25) is 4.79 Å². The van der Waals surface area contributed by atoms with Gasteiger partial charge in [-0.1, -0.05) is 0 Å². The van der Waals surface area contributed by atoms with Gasteiger partial charge in [0.25, 0.3) is 5.91 Å². The average molecular weight is 266 g/mol. The highest BCUT2D eigenvalue weighted by Gasteiger charge is 2.12. The van der Waals surface area contributed by atoms with E-state index in [0.29, 0.717) is 18.8 Å². The molecular weight excluding hydrogens is 248 g/mol. The topological polar surface area (TPSA) is 88.5 Å².